The predicted molar refractivity (Wildman–Crippen MR) is 42.3 cm³/mol. The highest BCUT2D eigenvalue weighted by Crippen LogP contribution is 2.16. The van der Waals surface area contributed by atoms with Gasteiger partial charge in [0, 0.05) is 18.0 Å². The van der Waals surface area contributed by atoms with Gasteiger partial charge in [-0.25, -0.2) is 0 Å². The first-order valence-electron chi connectivity index (χ1n) is 3.55. The molecule has 0 radical (unpaired) electrons. The third-order valence-corrected chi connectivity index (χ3v) is 1.62. The molecule has 0 fully saturated rings. The molecule has 0 bridgehead atoms. The molecule has 60 valence electrons. The normalized spacial score (nSPS) is 10.1. The highest BCUT2D eigenvalue weighted by atomic mass is 16.5. The lowest BCUT2D eigenvalue weighted by Gasteiger charge is -1.96. The topological polar surface area (TPSA) is 51.8 Å². The Labute approximate surface area is 69.3 Å². The van der Waals surface area contributed by atoms with Crippen molar-refractivity contribution < 1.29 is 4.52 Å². The minimum atomic E-state index is 0.606. The Bertz CT molecular complexity index is 370. The van der Waals surface area contributed by atoms with E-state index < -0.39 is 0 Å². The average Bonchev–Trinajstić information content (AvgIpc) is 2.57. The highest BCUT2D eigenvalue weighted by Gasteiger charge is 2.04. The number of aromatic nitrogens is 3. The van der Waals surface area contributed by atoms with Gasteiger partial charge in [-0.1, -0.05) is 5.16 Å². The van der Waals surface area contributed by atoms with Crippen molar-refractivity contribution in [2.45, 2.75) is 6.92 Å². The summed E-state index contributed by atoms with van der Waals surface area (Å²) in [5.74, 6) is 0.606. The van der Waals surface area contributed by atoms with E-state index in [9.17, 15) is 0 Å². The first-order valence-corrected chi connectivity index (χ1v) is 3.55. The van der Waals surface area contributed by atoms with Crippen LogP contribution in [0.4, 0.5) is 0 Å². The average molecular weight is 161 g/mol. The van der Waals surface area contributed by atoms with E-state index in [0.717, 1.165) is 11.1 Å². The van der Waals surface area contributed by atoms with Crippen LogP contribution in [-0.4, -0.2) is 15.1 Å². The van der Waals surface area contributed by atoms with Crippen LogP contribution in [0.25, 0.3) is 11.4 Å². The fourth-order valence-corrected chi connectivity index (χ4v) is 1.01. The molecule has 0 N–H and O–H groups in total. The lowest BCUT2D eigenvalue weighted by atomic mass is 10.1. The summed E-state index contributed by atoms with van der Waals surface area (Å²) >= 11 is 0. The zero-order valence-electron chi connectivity index (χ0n) is 6.56. The van der Waals surface area contributed by atoms with E-state index in [4.69, 9.17) is 0 Å². The zero-order chi connectivity index (χ0) is 8.39. The summed E-state index contributed by atoms with van der Waals surface area (Å²) in [4.78, 5) is 7.91. The summed E-state index contributed by atoms with van der Waals surface area (Å²) in [6.07, 6.45) is 4.79. The standard InChI is InChI=1S/C8H7N3O/c1-6-4-9-3-2-7(6)8-10-5-12-11-8/h2-5H,1H3. The van der Waals surface area contributed by atoms with Gasteiger partial charge in [0.15, 0.2) is 0 Å². The van der Waals surface area contributed by atoms with Crippen LogP contribution in [0.3, 0.4) is 0 Å². The molecule has 0 aliphatic heterocycles. The van der Waals surface area contributed by atoms with Gasteiger partial charge in [-0.05, 0) is 18.6 Å². The molecule has 0 spiro atoms. The molecule has 0 amide bonds. The van der Waals surface area contributed by atoms with Crippen LogP contribution >= 0.6 is 0 Å². The third-order valence-electron chi connectivity index (χ3n) is 1.62. The SMILES string of the molecule is Cc1cnccc1-c1ncon1. The minimum Gasteiger partial charge on any atom is -0.342 e. The number of nitrogens with zero attached hydrogens (tertiary/aromatic N) is 3. The van der Waals surface area contributed by atoms with Gasteiger partial charge in [0.05, 0.1) is 0 Å². The second-order valence-electron chi connectivity index (χ2n) is 2.45. The van der Waals surface area contributed by atoms with Gasteiger partial charge >= 0.3 is 0 Å². The Kier molecular flexibility index (Phi) is 1.59. The van der Waals surface area contributed by atoms with Crippen molar-refractivity contribution >= 4 is 0 Å². The molecule has 4 heteroatoms. The van der Waals surface area contributed by atoms with Gasteiger partial charge in [0.1, 0.15) is 0 Å². The van der Waals surface area contributed by atoms with E-state index in [0.29, 0.717) is 5.82 Å². The second-order valence-corrected chi connectivity index (χ2v) is 2.45. The molecule has 2 rings (SSSR count). The quantitative estimate of drug-likeness (QED) is 0.635. The molecule has 0 aromatic carbocycles. The molecule has 0 aliphatic rings. The van der Waals surface area contributed by atoms with Crippen LogP contribution < -0.4 is 0 Å². The fourth-order valence-electron chi connectivity index (χ4n) is 1.01. The highest BCUT2D eigenvalue weighted by molar-refractivity contribution is 5.57. The van der Waals surface area contributed by atoms with Crippen molar-refractivity contribution in [3.05, 3.63) is 30.4 Å². The number of hydrogen-bond donors (Lipinski definition) is 0. The minimum absolute atomic E-state index is 0.606. The van der Waals surface area contributed by atoms with Gasteiger partial charge < -0.3 is 4.52 Å². The lowest BCUT2D eigenvalue weighted by Crippen LogP contribution is -1.85. The Morgan fingerprint density at radius 1 is 1.42 bits per heavy atom. The van der Waals surface area contributed by atoms with Gasteiger partial charge in [-0.3, -0.25) is 4.98 Å². The van der Waals surface area contributed by atoms with E-state index in [1.807, 2.05) is 13.0 Å². The van der Waals surface area contributed by atoms with Crippen molar-refractivity contribution in [2.75, 3.05) is 0 Å². The Balaban J connectivity index is 2.55. The Morgan fingerprint density at radius 3 is 3.00 bits per heavy atom. The van der Waals surface area contributed by atoms with E-state index in [-0.39, 0.29) is 0 Å². The fraction of sp³-hybridized carbons (Fsp3) is 0.125. The first-order chi connectivity index (χ1) is 5.88. The lowest BCUT2D eigenvalue weighted by molar-refractivity contribution is 0.418. The summed E-state index contributed by atoms with van der Waals surface area (Å²) in [7, 11) is 0. The van der Waals surface area contributed by atoms with Crippen molar-refractivity contribution in [3.8, 4) is 11.4 Å². The van der Waals surface area contributed by atoms with E-state index >= 15 is 0 Å². The second kappa shape index (κ2) is 2.73. The molecule has 12 heavy (non-hydrogen) atoms. The summed E-state index contributed by atoms with van der Waals surface area (Å²) in [5.41, 5.74) is 2.00. The molecule has 0 saturated heterocycles. The number of pyridine rings is 1. The van der Waals surface area contributed by atoms with Crippen LogP contribution in [0, 0.1) is 6.92 Å². The smallest absolute Gasteiger partial charge is 0.214 e. The van der Waals surface area contributed by atoms with E-state index in [1.54, 1.807) is 12.4 Å². The van der Waals surface area contributed by atoms with Crippen LogP contribution in [0.5, 0.6) is 0 Å². The summed E-state index contributed by atoms with van der Waals surface area (Å²) in [6.45, 7) is 1.96. The van der Waals surface area contributed by atoms with Crippen molar-refractivity contribution in [1.82, 2.24) is 15.1 Å². The molecule has 4 nitrogen and oxygen atoms in total. The molecule has 2 aromatic rings. The molecular weight excluding hydrogens is 154 g/mol. The summed E-state index contributed by atoms with van der Waals surface area (Å²) < 4.78 is 4.64. The van der Waals surface area contributed by atoms with Crippen molar-refractivity contribution in [2.24, 2.45) is 0 Å². The summed E-state index contributed by atoms with van der Waals surface area (Å²) in [6, 6.07) is 1.86. The Hall–Kier alpha value is -1.71. The molecule has 0 unspecified atom stereocenters. The summed E-state index contributed by atoms with van der Waals surface area (Å²) in [5, 5.41) is 3.73. The third kappa shape index (κ3) is 1.07. The molecule has 2 aromatic heterocycles. The van der Waals surface area contributed by atoms with Gasteiger partial charge in [0.2, 0.25) is 12.2 Å². The molecule has 2 heterocycles. The molecule has 0 aliphatic carbocycles. The molecule has 0 atom stereocenters. The van der Waals surface area contributed by atoms with E-state index in [1.165, 1.54) is 6.39 Å². The predicted octanol–water partition coefficient (Wildman–Crippen LogP) is 1.44. The molecule has 0 saturated carbocycles. The van der Waals surface area contributed by atoms with Crippen molar-refractivity contribution in [1.29, 1.82) is 0 Å². The van der Waals surface area contributed by atoms with Gasteiger partial charge in [-0.15, -0.1) is 0 Å². The first kappa shape index (κ1) is 6.97. The van der Waals surface area contributed by atoms with Crippen LogP contribution in [-0.2, 0) is 0 Å². The number of rotatable bonds is 1. The monoisotopic (exact) mass is 161 g/mol. The van der Waals surface area contributed by atoms with Gasteiger partial charge in [-0.2, -0.15) is 4.98 Å². The maximum atomic E-state index is 4.64. The van der Waals surface area contributed by atoms with E-state index in [2.05, 4.69) is 19.6 Å². The van der Waals surface area contributed by atoms with Crippen LogP contribution in [0.2, 0.25) is 0 Å². The zero-order valence-corrected chi connectivity index (χ0v) is 6.56. The molecular formula is C8H7N3O. The number of hydrogen-bond acceptors (Lipinski definition) is 4. The van der Waals surface area contributed by atoms with Crippen LogP contribution in [0.15, 0.2) is 29.4 Å². The van der Waals surface area contributed by atoms with Gasteiger partial charge in [0.25, 0.3) is 0 Å². The number of aryl methyl sites for hydroxylation is 1. The maximum absolute atomic E-state index is 4.64. The van der Waals surface area contributed by atoms with Crippen molar-refractivity contribution in [3.63, 3.8) is 0 Å². The van der Waals surface area contributed by atoms with Crippen LogP contribution in [0.1, 0.15) is 5.56 Å². The largest absolute Gasteiger partial charge is 0.342 e. The maximum Gasteiger partial charge on any atom is 0.214 e. The Morgan fingerprint density at radius 2 is 2.33 bits per heavy atom.